The minimum atomic E-state index is -0.694. The Balaban J connectivity index is 1.45. The molecule has 0 spiro atoms. The summed E-state index contributed by atoms with van der Waals surface area (Å²) < 4.78 is 13.6. The molecule has 9 heteroatoms. The van der Waals surface area contributed by atoms with Gasteiger partial charge in [-0.3, -0.25) is 4.79 Å². The van der Waals surface area contributed by atoms with Crippen molar-refractivity contribution in [2.45, 2.75) is 42.1 Å². The third kappa shape index (κ3) is 4.93. The summed E-state index contributed by atoms with van der Waals surface area (Å²) in [6.45, 7) is 0.519. The zero-order valence-corrected chi connectivity index (χ0v) is 15.6. The number of nitriles is 1. The van der Waals surface area contributed by atoms with Crippen LogP contribution in [0.3, 0.4) is 0 Å². The van der Waals surface area contributed by atoms with E-state index in [4.69, 9.17) is 0 Å². The van der Waals surface area contributed by atoms with E-state index in [0.717, 1.165) is 31.2 Å². The smallest absolute Gasteiger partial charge is 0.231 e. The molecule has 0 radical (unpaired) electrons. The molecule has 0 saturated heterocycles. The Labute approximate surface area is 159 Å². The molecule has 26 heavy (non-hydrogen) atoms. The fourth-order valence-corrected chi connectivity index (χ4v) is 4.34. The van der Waals surface area contributed by atoms with E-state index in [0.29, 0.717) is 16.0 Å². The van der Waals surface area contributed by atoms with Gasteiger partial charge in [-0.15, -0.1) is 10.2 Å². The fraction of sp³-hybridized carbons (Fsp3) is 0.412. The quantitative estimate of drug-likeness (QED) is 0.704. The lowest BCUT2D eigenvalue weighted by molar-refractivity contribution is -0.119. The average molecular weight is 391 g/mol. The zero-order valence-electron chi connectivity index (χ0n) is 14.0. The average Bonchev–Trinajstić information content (AvgIpc) is 3.29. The summed E-state index contributed by atoms with van der Waals surface area (Å²) in [5, 5.41) is 24.0. The molecule has 0 aliphatic heterocycles. The van der Waals surface area contributed by atoms with Gasteiger partial charge in [0.15, 0.2) is 4.34 Å². The van der Waals surface area contributed by atoms with E-state index < -0.39 is 5.54 Å². The van der Waals surface area contributed by atoms with Crippen molar-refractivity contribution in [1.82, 2.24) is 15.5 Å². The molecule has 1 amide bonds. The molecule has 2 aromatic rings. The van der Waals surface area contributed by atoms with Crippen LogP contribution in [-0.2, 0) is 11.3 Å². The number of benzene rings is 1. The molecule has 2 N–H and O–H groups in total. The second-order valence-electron chi connectivity index (χ2n) is 6.09. The van der Waals surface area contributed by atoms with Gasteiger partial charge in [-0.25, -0.2) is 4.39 Å². The van der Waals surface area contributed by atoms with Crippen LogP contribution in [0.2, 0.25) is 0 Å². The largest absolute Gasteiger partial charge is 0.356 e. The third-order valence-electron chi connectivity index (χ3n) is 4.14. The molecule has 1 aromatic heterocycles. The highest BCUT2D eigenvalue weighted by Crippen LogP contribution is 2.30. The number of anilines is 1. The summed E-state index contributed by atoms with van der Waals surface area (Å²) in [5.74, 6) is -0.220. The molecule has 3 rings (SSSR count). The number of carbonyl (C=O) groups excluding carboxylic acids is 1. The molecule has 1 aliphatic carbocycles. The summed E-state index contributed by atoms with van der Waals surface area (Å²) in [7, 11) is 0. The molecule has 0 unspecified atom stereocenters. The number of halogens is 1. The first-order chi connectivity index (χ1) is 12.6. The number of amides is 1. The van der Waals surface area contributed by atoms with Gasteiger partial charge in [0.25, 0.3) is 0 Å². The number of hydrogen-bond acceptors (Lipinski definition) is 7. The maximum Gasteiger partial charge on any atom is 0.231 e. The van der Waals surface area contributed by atoms with E-state index in [-0.39, 0.29) is 17.5 Å². The molecule has 1 aliphatic rings. The van der Waals surface area contributed by atoms with Crippen molar-refractivity contribution >= 4 is 34.1 Å². The van der Waals surface area contributed by atoms with E-state index in [1.54, 1.807) is 12.1 Å². The lowest BCUT2D eigenvalue weighted by Gasteiger charge is -2.21. The van der Waals surface area contributed by atoms with E-state index in [9.17, 15) is 14.4 Å². The predicted molar refractivity (Wildman–Crippen MR) is 99.3 cm³/mol. The summed E-state index contributed by atoms with van der Waals surface area (Å²) >= 11 is 2.65. The lowest BCUT2D eigenvalue weighted by Crippen LogP contribution is -2.45. The molecule has 1 saturated carbocycles. The maximum atomic E-state index is 12.9. The van der Waals surface area contributed by atoms with Crippen LogP contribution in [0.1, 0.15) is 31.2 Å². The molecule has 136 valence electrons. The Kier molecular flexibility index (Phi) is 6.06. The fourth-order valence-electron chi connectivity index (χ4n) is 2.79. The van der Waals surface area contributed by atoms with Gasteiger partial charge < -0.3 is 10.6 Å². The number of hydrogen-bond donors (Lipinski definition) is 2. The number of aromatic nitrogens is 2. The van der Waals surface area contributed by atoms with Crippen molar-refractivity contribution in [2.24, 2.45) is 0 Å². The van der Waals surface area contributed by atoms with Crippen LogP contribution in [0.15, 0.2) is 28.6 Å². The van der Waals surface area contributed by atoms with Crippen LogP contribution < -0.4 is 10.6 Å². The van der Waals surface area contributed by atoms with Crippen molar-refractivity contribution in [3.8, 4) is 6.07 Å². The van der Waals surface area contributed by atoms with Gasteiger partial charge >= 0.3 is 0 Å². The van der Waals surface area contributed by atoms with Crippen LogP contribution in [0.5, 0.6) is 0 Å². The Bertz CT molecular complexity index is 796. The van der Waals surface area contributed by atoms with Gasteiger partial charge in [-0.2, -0.15) is 5.26 Å². The SMILES string of the molecule is N#CC1(NC(=O)CSc2nnc(NCc3ccc(F)cc3)s2)CCCC1. The highest BCUT2D eigenvalue weighted by molar-refractivity contribution is 8.01. The standard InChI is InChI=1S/C17H18FN5OS2/c18-13-5-3-12(4-6-13)9-20-15-22-23-16(26-15)25-10-14(24)21-17(11-19)7-1-2-8-17/h3-6H,1-2,7-10H2,(H,20,22)(H,21,24). The van der Waals surface area contributed by atoms with Crippen molar-refractivity contribution in [3.05, 3.63) is 35.6 Å². The van der Waals surface area contributed by atoms with Crippen molar-refractivity contribution < 1.29 is 9.18 Å². The first-order valence-corrected chi connectivity index (χ1v) is 10.1. The van der Waals surface area contributed by atoms with Crippen LogP contribution >= 0.6 is 23.1 Å². The second-order valence-corrected chi connectivity index (χ2v) is 8.29. The van der Waals surface area contributed by atoms with Gasteiger partial charge in [0.05, 0.1) is 11.8 Å². The molecule has 6 nitrogen and oxygen atoms in total. The molecule has 1 fully saturated rings. The van der Waals surface area contributed by atoms with Gasteiger partial charge in [0, 0.05) is 6.54 Å². The highest BCUT2D eigenvalue weighted by Gasteiger charge is 2.35. The Hall–Kier alpha value is -2.18. The maximum absolute atomic E-state index is 12.9. The normalized spacial score (nSPS) is 15.4. The monoisotopic (exact) mass is 391 g/mol. The topological polar surface area (TPSA) is 90.7 Å². The first-order valence-electron chi connectivity index (χ1n) is 8.25. The second kappa shape index (κ2) is 8.47. The lowest BCUT2D eigenvalue weighted by atomic mass is 10.0. The molecule has 1 heterocycles. The predicted octanol–water partition coefficient (Wildman–Crippen LogP) is 3.33. The van der Waals surface area contributed by atoms with Crippen molar-refractivity contribution in [1.29, 1.82) is 5.26 Å². The zero-order chi connectivity index (χ0) is 18.4. The first kappa shape index (κ1) is 18.6. The van der Waals surface area contributed by atoms with Crippen LogP contribution in [-0.4, -0.2) is 27.4 Å². The van der Waals surface area contributed by atoms with Crippen molar-refractivity contribution in [2.75, 3.05) is 11.1 Å². The van der Waals surface area contributed by atoms with Gasteiger partial charge in [0.2, 0.25) is 11.0 Å². The van der Waals surface area contributed by atoms with Gasteiger partial charge in [-0.05, 0) is 43.4 Å². The van der Waals surface area contributed by atoms with Crippen LogP contribution in [0, 0.1) is 17.1 Å². The molecule has 0 bridgehead atoms. The Morgan fingerprint density at radius 1 is 1.31 bits per heavy atom. The van der Waals surface area contributed by atoms with Crippen molar-refractivity contribution in [3.63, 3.8) is 0 Å². The Morgan fingerprint density at radius 3 is 2.73 bits per heavy atom. The van der Waals surface area contributed by atoms with E-state index in [1.165, 1.54) is 35.2 Å². The van der Waals surface area contributed by atoms with Gasteiger partial charge in [0.1, 0.15) is 11.4 Å². The van der Waals surface area contributed by atoms with E-state index >= 15 is 0 Å². The molecule has 0 atom stereocenters. The number of carbonyl (C=O) groups is 1. The highest BCUT2D eigenvalue weighted by atomic mass is 32.2. The summed E-state index contributed by atoms with van der Waals surface area (Å²) in [6, 6.07) is 8.48. The van der Waals surface area contributed by atoms with E-state index in [2.05, 4.69) is 26.9 Å². The molecular formula is C17H18FN5OS2. The minimum Gasteiger partial charge on any atom is -0.356 e. The number of nitrogens with one attached hydrogen (secondary N) is 2. The summed E-state index contributed by atoms with van der Waals surface area (Å²) in [4.78, 5) is 12.1. The van der Waals surface area contributed by atoms with Gasteiger partial charge in [-0.1, -0.05) is 35.2 Å². The molecular weight excluding hydrogens is 373 g/mol. The third-order valence-corrected chi connectivity index (χ3v) is 6.15. The number of rotatable bonds is 7. The summed E-state index contributed by atoms with van der Waals surface area (Å²) in [5.41, 5.74) is 0.245. The summed E-state index contributed by atoms with van der Waals surface area (Å²) in [6.07, 6.45) is 3.38. The number of thioether (sulfide) groups is 1. The van der Waals surface area contributed by atoms with Crippen LogP contribution in [0.4, 0.5) is 9.52 Å². The Morgan fingerprint density at radius 2 is 2.04 bits per heavy atom. The van der Waals surface area contributed by atoms with E-state index in [1.807, 2.05) is 0 Å². The number of nitrogens with zero attached hydrogens (tertiary/aromatic N) is 3. The van der Waals surface area contributed by atoms with Crippen LogP contribution in [0.25, 0.3) is 0 Å². The minimum absolute atomic E-state index is 0.158. The molecule has 1 aromatic carbocycles.